The molecule has 2 N–H and O–H groups in total. The van der Waals surface area contributed by atoms with Crippen LogP contribution in [0.25, 0.3) is 11.0 Å². The van der Waals surface area contributed by atoms with Crippen molar-refractivity contribution in [3.63, 3.8) is 0 Å². The van der Waals surface area contributed by atoms with Crippen LogP contribution in [0.5, 0.6) is 0 Å². The largest absolute Gasteiger partial charge is 0.399 e. The van der Waals surface area contributed by atoms with Crippen LogP contribution in [0, 0.1) is 0 Å². The van der Waals surface area contributed by atoms with Crippen molar-refractivity contribution in [1.82, 2.24) is 9.55 Å². The predicted molar refractivity (Wildman–Crippen MR) is 82.3 cm³/mol. The Kier molecular flexibility index (Phi) is 4.83. The molecule has 1 aromatic heterocycles. The smallest absolute Gasteiger partial charge is 0.109 e. The molecule has 19 heavy (non-hydrogen) atoms. The normalized spacial score (nSPS) is 11.3. The summed E-state index contributed by atoms with van der Waals surface area (Å²) in [5, 5.41) is 0. The van der Waals surface area contributed by atoms with Crippen LogP contribution in [0.15, 0.2) is 18.2 Å². The second kappa shape index (κ2) is 6.60. The summed E-state index contributed by atoms with van der Waals surface area (Å²) in [4.78, 5) is 4.75. The Morgan fingerprint density at radius 2 is 1.95 bits per heavy atom. The minimum Gasteiger partial charge on any atom is -0.399 e. The van der Waals surface area contributed by atoms with E-state index in [0.717, 1.165) is 30.6 Å². The summed E-state index contributed by atoms with van der Waals surface area (Å²) in [6.07, 6.45) is 7.32. The second-order valence-corrected chi connectivity index (χ2v) is 5.24. The van der Waals surface area contributed by atoms with Gasteiger partial charge in [-0.15, -0.1) is 0 Å². The van der Waals surface area contributed by atoms with Crippen molar-refractivity contribution in [3.05, 3.63) is 24.0 Å². The van der Waals surface area contributed by atoms with Crippen LogP contribution in [-0.4, -0.2) is 9.55 Å². The van der Waals surface area contributed by atoms with Crippen LogP contribution in [0.1, 0.15) is 51.8 Å². The molecule has 0 bridgehead atoms. The lowest BCUT2D eigenvalue weighted by Crippen LogP contribution is -2.04. The number of benzene rings is 1. The highest BCUT2D eigenvalue weighted by Crippen LogP contribution is 2.21. The van der Waals surface area contributed by atoms with Crippen LogP contribution < -0.4 is 5.73 Å². The first-order valence-electron chi connectivity index (χ1n) is 7.51. The minimum absolute atomic E-state index is 0.797. The maximum atomic E-state index is 5.85. The fourth-order valence-corrected chi connectivity index (χ4v) is 2.56. The third kappa shape index (κ3) is 3.28. The molecule has 0 saturated carbocycles. The molecule has 0 saturated heterocycles. The van der Waals surface area contributed by atoms with Gasteiger partial charge in [-0.3, -0.25) is 0 Å². The minimum atomic E-state index is 0.797. The summed E-state index contributed by atoms with van der Waals surface area (Å²) in [7, 11) is 0. The Hall–Kier alpha value is -1.51. The Morgan fingerprint density at radius 1 is 1.11 bits per heavy atom. The van der Waals surface area contributed by atoms with Crippen molar-refractivity contribution in [2.24, 2.45) is 0 Å². The summed E-state index contributed by atoms with van der Waals surface area (Å²) in [5.41, 5.74) is 8.92. The highest BCUT2D eigenvalue weighted by Gasteiger charge is 2.09. The van der Waals surface area contributed by atoms with E-state index in [4.69, 9.17) is 10.7 Å². The maximum absolute atomic E-state index is 5.85. The van der Waals surface area contributed by atoms with Gasteiger partial charge in [0.15, 0.2) is 0 Å². The van der Waals surface area contributed by atoms with E-state index in [9.17, 15) is 0 Å². The molecule has 0 fully saturated rings. The van der Waals surface area contributed by atoms with Crippen molar-refractivity contribution >= 4 is 16.7 Å². The lowest BCUT2D eigenvalue weighted by atomic mass is 10.2. The third-order valence-electron chi connectivity index (χ3n) is 3.56. The van der Waals surface area contributed by atoms with Gasteiger partial charge in [-0.25, -0.2) is 4.98 Å². The van der Waals surface area contributed by atoms with Crippen LogP contribution in [0.4, 0.5) is 5.69 Å². The first kappa shape index (κ1) is 13.9. The number of imidazole rings is 1. The fraction of sp³-hybridized carbons (Fsp3) is 0.562. The summed E-state index contributed by atoms with van der Waals surface area (Å²) >= 11 is 0. The zero-order valence-corrected chi connectivity index (χ0v) is 12.2. The van der Waals surface area contributed by atoms with E-state index in [1.807, 2.05) is 12.1 Å². The molecule has 0 aliphatic rings. The first-order chi connectivity index (χ1) is 9.26. The number of nitrogens with zero attached hydrogens (tertiary/aromatic N) is 2. The van der Waals surface area contributed by atoms with Gasteiger partial charge in [0.05, 0.1) is 11.0 Å². The number of nitrogens with two attached hydrogens (primary N) is 1. The molecule has 2 aromatic rings. The molecule has 0 aliphatic carbocycles. The number of hydrogen-bond donors (Lipinski definition) is 1. The van der Waals surface area contributed by atoms with E-state index in [2.05, 4.69) is 24.5 Å². The quantitative estimate of drug-likeness (QED) is 0.599. The average Bonchev–Trinajstić information content (AvgIpc) is 2.72. The Bertz CT molecular complexity index is 528. The SMILES string of the molecule is CCCCCCn1c(CCC)nc2cc(N)ccc21. The van der Waals surface area contributed by atoms with Gasteiger partial charge in [0, 0.05) is 18.7 Å². The lowest BCUT2D eigenvalue weighted by molar-refractivity contribution is 0.572. The lowest BCUT2D eigenvalue weighted by Gasteiger charge is -2.08. The van der Waals surface area contributed by atoms with E-state index in [-0.39, 0.29) is 0 Å². The number of aromatic nitrogens is 2. The molecule has 2 rings (SSSR count). The van der Waals surface area contributed by atoms with Crippen molar-refractivity contribution in [1.29, 1.82) is 0 Å². The molecule has 3 heteroatoms. The van der Waals surface area contributed by atoms with E-state index < -0.39 is 0 Å². The van der Waals surface area contributed by atoms with Crippen molar-refractivity contribution in [2.45, 2.75) is 58.9 Å². The average molecular weight is 259 g/mol. The number of aryl methyl sites for hydroxylation is 2. The van der Waals surface area contributed by atoms with Gasteiger partial charge in [-0.2, -0.15) is 0 Å². The van der Waals surface area contributed by atoms with Gasteiger partial charge in [0.25, 0.3) is 0 Å². The molecule has 0 spiro atoms. The molecular weight excluding hydrogens is 234 g/mol. The van der Waals surface area contributed by atoms with Crippen molar-refractivity contribution in [2.75, 3.05) is 5.73 Å². The Morgan fingerprint density at radius 3 is 2.68 bits per heavy atom. The number of fused-ring (bicyclic) bond motifs is 1. The summed E-state index contributed by atoms with van der Waals surface area (Å²) in [6, 6.07) is 6.07. The second-order valence-electron chi connectivity index (χ2n) is 5.24. The van der Waals surface area contributed by atoms with E-state index in [0.29, 0.717) is 0 Å². The maximum Gasteiger partial charge on any atom is 0.109 e. The van der Waals surface area contributed by atoms with Crippen molar-refractivity contribution in [3.8, 4) is 0 Å². The van der Waals surface area contributed by atoms with Crippen LogP contribution in [0.3, 0.4) is 0 Å². The van der Waals surface area contributed by atoms with Gasteiger partial charge in [-0.05, 0) is 31.0 Å². The standard InChI is InChI=1S/C16H25N3/c1-3-5-6-7-11-19-15-10-9-13(17)12-14(15)18-16(19)8-4-2/h9-10,12H,3-8,11,17H2,1-2H3. The molecule has 104 valence electrons. The number of rotatable bonds is 7. The highest BCUT2D eigenvalue weighted by atomic mass is 15.1. The number of nitrogen functional groups attached to an aromatic ring is 1. The van der Waals surface area contributed by atoms with Gasteiger partial charge < -0.3 is 10.3 Å². The van der Waals surface area contributed by atoms with E-state index in [1.54, 1.807) is 0 Å². The van der Waals surface area contributed by atoms with Crippen LogP contribution in [-0.2, 0) is 13.0 Å². The zero-order valence-electron chi connectivity index (χ0n) is 12.2. The highest BCUT2D eigenvalue weighted by molar-refractivity contribution is 5.79. The van der Waals surface area contributed by atoms with Crippen LogP contribution in [0.2, 0.25) is 0 Å². The number of anilines is 1. The molecule has 1 heterocycles. The molecule has 0 radical (unpaired) electrons. The van der Waals surface area contributed by atoms with Crippen LogP contribution >= 0.6 is 0 Å². The fourth-order valence-electron chi connectivity index (χ4n) is 2.56. The summed E-state index contributed by atoms with van der Waals surface area (Å²) in [6.45, 7) is 5.53. The number of hydrogen-bond acceptors (Lipinski definition) is 2. The van der Waals surface area contributed by atoms with Gasteiger partial charge >= 0.3 is 0 Å². The predicted octanol–water partition coefficient (Wildman–Crippen LogP) is 4.15. The Labute approximate surface area is 115 Å². The van der Waals surface area contributed by atoms with Gasteiger partial charge in [-0.1, -0.05) is 33.1 Å². The molecule has 1 aromatic carbocycles. The summed E-state index contributed by atoms with van der Waals surface area (Å²) in [5.74, 6) is 1.21. The van der Waals surface area contributed by atoms with Crippen molar-refractivity contribution < 1.29 is 0 Å². The molecule has 3 nitrogen and oxygen atoms in total. The van der Waals surface area contributed by atoms with E-state index in [1.165, 1.54) is 37.0 Å². The molecule has 0 amide bonds. The van der Waals surface area contributed by atoms with E-state index >= 15 is 0 Å². The first-order valence-corrected chi connectivity index (χ1v) is 7.51. The zero-order chi connectivity index (χ0) is 13.7. The molecular formula is C16H25N3. The molecule has 0 atom stereocenters. The Balaban J connectivity index is 2.24. The number of unbranched alkanes of at least 4 members (excludes halogenated alkanes) is 3. The third-order valence-corrected chi connectivity index (χ3v) is 3.56. The van der Waals surface area contributed by atoms with Gasteiger partial charge in [0.1, 0.15) is 5.82 Å². The summed E-state index contributed by atoms with van der Waals surface area (Å²) < 4.78 is 2.38. The van der Waals surface area contributed by atoms with Gasteiger partial charge in [0.2, 0.25) is 0 Å². The molecule has 0 aliphatic heterocycles. The molecule has 0 unspecified atom stereocenters. The topological polar surface area (TPSA) is 43.8 Å². The monoisotopic (exact) mass is 259 g/mol.